The molecule has 3 aromatic rings. The summed E-state index contributed by atoms with van der Waals surface area (Å²) in [6.07, 6.45) is 2.33. The number of carbonyl (C=O) groups is 1. The first-order valence-electron chi connectivity index (χ1n) is 7.92. The van der Waals surface area contributed by atoms with Crippen LogP contribution in [0.15, 0.2) is 53.6 Å². The molecule has 0 aliphatic heterocycles. The monoisotopic (exact) mass is 321 g/mol. The Morgan fingerprint density at radius 2 is 2.00 bits per heavy atom. The standard InChI is InChI=1S/C19H19N3O2/c1-3-14-7-5-8-15(10-14)21-17(23)11-22-12-20-18-13(2)6-4-9-16(18)19(22)24/h4-10,12H,3,11H2,1-2H3,(H,21,23). The van der Waals surface area contributed by atoms with Gasteiger partial charge < -0.3 is 5.32 Å². The predicted octanol–water partition coefficient (Wildman–Crippen LogP) is 2.91. The fourth-order valence-corrected chi connectivity index (χ4v) is 2.67. The van der Waals surface area contributed by atoms with Gasteiger partial charge in [0.05, 0.1) is 17.2 Å². The molecule has 0 unspecified atom stereocenters. The van der Waals surface area contributed by atoms with Gasteiger partial charge in [-0.1, -0.05) is 31.2 Å². The molecule has 24 heavy (non-hydrogen) atoms. The quantitative estimate of drug-likeness (QED) is 0.803. The zero-order chi connectivity index (χ0) is 17.1. The normalized spacial score (nSPS) is 10.8. The molecule has 1 aromatic heterocycles. The fraction of sp³-hybridized carbons (Fsp3) is 0.211. The van der Waals surface area contributed by atoms with E-state index < -0.39 is 0 Å². The van der Waals surface area contributed by atoms with Crippen molar-refractivity contribution in [2.24, 2.45) is 0 Å². The third kappa shape index (κ3) is 3.20. The summed E-state index contributed by atoms with van der Waals surface area (Å²) < 4.78 is 1.33. The molecule has 2 aromatic carbocycles. The van der Waals surface area contributed by atoms with Gasteiger partial charge in [0.15, 0.2) is 0 Å². The average Bonchev–Trinajstić information content (AvgIpc) is 2.58. The van der Waals surface area contributed by atoms with Gasteiger partial charge in [0.1, 0.15) is 6.54 Å². The van der Waals surface area contributed by atoms with Gasteiger partial charge in [0, 0.05) is 5.69 Å². The average molecular weight is 321 g/mol. The second kappa shape index (κ2) is 6.66. The van der Waals surface area contributed by atoms with Crippen LogP contribution in [0.4, 0.5) is 5.69 Å². The minimum atomic E-state index is -0.251. The van der Waals surface area contributed by atoms with Gasteiger partial charge >= 0.3 is 0 Å². The Morgan fingerprint density at radius 3 is 2.79 bits per heavy atom. The van der Waals surface area contributed by atoms with E-state index in [-0.39, 0.29) is 18.0 Å². The van der Waals surface area contributed by atoms with Crippen LogP contribution in [-0.2, 0) is 17.8 Å². The molecule has 1 N–H and O–H groups in total. The van der Waals surface area contributed by atoms with Crippen LogP contribution in [0.3, 0.4) is 0 Å². The van der Waals surface area contributed by atoms with Gasteiger partial charge in [-0.3, -0.25) is 14.2 Å². The second-order valence-corrected chi connectivity index (χ2v) is 5.75. The predicted molar refractivity (Wildman–Crippen MR) is 95.2 cm³/mol. The van der Waals surface area contributed by atoms with E-state index in [0.717, 1.165) is 23.2 Å². The zero-order valence-corrected chi connectivity index (χ0v) is 13.7. The summed E-state index contributed by atoms with van der Waals surface area (Å²) in [5, 5.41) is 3.35. The SMILES string of the molecule is CCc1cccc(NC(=O)Cn2cnc3c(C)cccc3c2=O)c1. The molecule has 0 spiro atoms. The molecule has 0 saturated carbocycles. The smallest absolute Gasteiger partial charge is 0.261 e. The van der Waals surface area contributed by atoms with E-state index >= 15 is 0 Å². The van der Waals surface area contributed by atoms with Crippen LogP contribution < -0.4 is 10.9 Å². The molecule has 1 heterocycles. The maximum absolute atomic E-state index is 12.5. The summed E-state index contributed by atoms with van der Waals surface area (Å²) in [6, 6.07) is 13.1. The van der Waals surface area contributed by atoms with Crippen LogP contribution in [0.5, 0.6) is 0 Å². The zero-order valence-electron chi connectivity index (χ0n) is 13.7. The number of amides is 1. The molecule has 0 radical (unpaired) electrons. The first kappa shape index (κ1) is 15.9. The van der Waals surface area contributed by atoms with Gasteiger partial charge in [-0.15, -0.1) is 0 Å². The van der Waals surface area contributed by atoms with Crippen molar-refractivity contribution in [2.75, 3.05) is 5.32 Å². The maximum atomic E-state index is 12.5. The minimum absolute atomic E-state index is 0.0634. The molecule has 5 heteroatoms. The number of anilines is 1. The molecule has 0 fully saturated rings. The molecule has 3 rings (SSSR count). The molecule has 0 bridgehead atoms. The highest BCUT2D eigenvalue weighted by Crippen LogP contribution is 2.12. The Bertz CT molecular complexity index is 960. The first-order chi connectivity index (χ1) is 11.6. The third-order valence-corrected chi connectivity index (χ3v) is 3.99. The van der Waals surface area contributed by atoms with Crippen LogP contribution in [0.2, 0.25) is 0 Å². The highest BCUT2D eigenvalue weighted by atomic mass is 16.2. The Balaban J connectivity index is 1.83. The molecule has 5 nitrogen and oxygen atoms in total. The molecule has 1 amide bonds. The number of nitrogens with one attached hydrogen (secondary N) is 1. The van der Waals surface area contributed by atoms with Crippen molar-refractivity contribution in [1.29, 1.82) is 0 Å². The van der Waals surface area contributed by atoms with Gasteiger partial charge in [-0.05, 0) is 42.7 Å². The van der Waals surface area contributed by atoms with Crippen molar-refractivity contribution in [3.63, 3.8) is 0 Å². The number of carbonyl (C=O) groups excluding carboxylic acids is 1. The summed E-state index contributed by atoms with van der Waals surface area (Å²) in [5.41, 5.74) is 3.29. The van der Waals surface area contributed by atoms with Gasteiger partial charge in [0.25, 0.3) is 5.56 Å². The topological polar surface area (TPSA) is 64.0 Å². The lowest BCUT2D eigenvalue weighted by Gasteiger charge is -2.09. The number of hydrogen-bond acceptors (Lipinski definition) is 3. The van der Waals surface area contributed by atoms with E-state index in [0.29, 0.717) is 10.9 Å². The van der Waals surface area contributed by atoms with E-state index in [4.69, 9.17) is 0 Å². The van der Waals surface area contributed by atoms with Gasteiger partial charge in [0.2, 0.25) is 5.91 Å². The van der Waals surface area contributed by atoms with E-state index in [1.165, 1.54) is 10.9 Å². The van der Waals surface area contributed by atoms with Crippen molar-refractivity contribution >= 4 is 22.5 Å². The molecule has 0 atom stereocenters. The van der Waals surface area contributed by atoms with Crippen LogP contribution >= 0.6 is 0 Å². The molecule has 0 saturated heterocycles. The lowest BCUT2D eigenvalue weighted by molar-refractivity contribution is -0.116. The molecular formula is C19H19N3O2. The summed E-state index contributed by atoms with van der Waals surface area (Å²) in [6.45, 7) is 3.90. The molecular weight excluding hydrogens is 302 g/mol. The number of para-hydroxylation sites is 1. The number of rotatable bonds is 4. The lowest BCUT2D eigenvalue weighted by Crippen LogP contribution is -2.28. The number of nitrogens with zero attached hydrogens (tertiary/aromatic N) is 2. The van der Waals surface area contributed by atoms with Crippen molar-refractivity contribution < 1.29 is 4.79 Å². The number of fused-ring (bicyclic) bond motifs is 1. The Morgan fingerprint density at radius 1 is 1.21 bits per heavy atom. The minimum Gasteiger partial charge on any atom is -0.325 e. The van der Waals surface area contributed by atoms with Crippen LogP contribution in [0.25, 0.3) is 10.9 Å². The summed E-state index contributed by atoms with van der Waals surface area (Å²) in [4.78, 5) is 29.1. The van der Waals surface area contributed by atoms with Crippen LogP contribution in [-0.4, -0.2) is 15.5 Å². The van der Waals surface area contributed by atoms with E-state index in [2.05, 4.69) is 17.2 Å². The summed E-state index contributed by atoms with van der Waals surface area (Å²) in [5.74, 6) is -0.251. The molecule has 0 aliphatic carbocycles. The number of aryl methyl sites for hydroxylation is 2. The van der Waals surface area contributed by atoms with Crippen molar-refractivity contribution in [3.8, 4) is 0 Å². The molecule has 122 valence electrons. The highest BCUT2D eigenvalue weighted by Gasteiger charge is 2.09. The largest absolute Gasteiger partial charge is 0.325 e. The van der Waals surface area contributed by atoms with E-state index in [1.54, 1.807) is 6.07 Å². The van der Waals surface area contributed by atoms with Crippen molar-refractivity contribution in [1.82, 2.24) is 9.55 Å². The molecule has 0 aliphatic rings. The fourth-order valence-electron chi connectivity index (χ4n) is 2.67. The lowest BCUT2D eigenvalue weighted by atomic mass is 10.1. The van der Waals surface area contributed by atoms with E-state index in [1.807, 2.05) is 43.3 Å². The third-order valence-electron chi connectivity index (χ3n) is 3.99. The van der Waals surface area contributed by atoms with Crippen molar-refractivity contribution in [3.05, 3.63) is 70.3 Å². The summed E-state index contributed by atoms with van der Waals surface area (Å²) in [7, 11) is 0. The van der Waals surface area contributed by atoms with Crippen LogP contribution in [0.1, 0.15) is 18.1 Å². The maximum Gasteiger partial charge on any atom is 0.261 e. The number of benzene rings is 2. The highest BCUT2D eigenvalue weighted by molar-refractivity contribution is 5.90. The number of aromatic nitrogens is 2. The first-order valence-corrected chi connectivity index (χ1v) is 7.92. The Labute approximate surface area is 140 Å². The Kier molecular flexibility index (Phi) is 4.42. The van der Waals surface area contributed by atoms with Gasteiger partial charge in [-0.25, -0.2) is 4.98 Å². The van der Waals surface area contributed by atoms with Crippen LogP contribution in [0, 0.1) is 6.92 Å². The van der Waals surface area contributed by atoms with Crippen molar-refractivity contribution in [2.45, 2.75) is 26.8 Å². The second-order valence-electron chi connectivity index (χ2n) is 5.75. The summed E-state index contributed by atoms with van der Waals surface area (Å²) >= 11 is 0. The Hall–Kier alpha value is -2.95. The number of hydrogen-bond donors (Lipinski definition) is 1. The van der Waals surface area contributed by atoms with Gasteiger partial charge in [-0.2, -0.15) is 0 Å². The van der Waals surface area contributed by atoms with E-state index in [9.17, 15) is 9.59 Å².